The second kappa shape index (κ2) is 7.33. The molecule has 1 N–H and O–H groups in total. The summed E-state index contributed by atoms with van der Waals surface area (Å²) in [5.74, 6) is -2.99. The number of nitrogens with zero attached hydrogens (tertiary/aromatic N) is 1. The summed E-state index contributed by atoms with van der Waals surface area (Å²) in [6.45, 7) is 1.28. The van der Waals surface area contributed by atoms with E-state index >= 15 is 0 Å². The number of rotatable bonds is 5. The number of carbonyl (C=O) groups is 1. The van der Waals surface area contributed by atoms with Gasteiger partial charge >= 0.3 is 12.1 Å². The minimum Gasteiger partial charge on any atom is -0.338 e. The second-order valence-electron chi connectivity index (χ2n) is 4.56. The molecule has 0 saturated heterocycles. The fraction of sp³-hybridized carbons (Fsp3) is 0.385. The van der Waals surface area contributed by atoms with Gasteiger partial charge in [-0.05, 0) is 25.1 Å². The van der Waals surface area contributed by atoms with E-state index in [1.807, 2.05) is 11.4 Å². The van der Waals surface area contributed by atoms with Crippen molar-refractivity contribution in [3.63, 3.8) is 0 Å². The topological polar surface area (TPSA) is 52.9 Å². The van der Waals surface area contributed by atoms with Gasteiger partial charge in [-0.15, -0.1) is 11.8 Å². The van der Waals surface area contributed by atoms with Crippen LogP contribution in [0.4, 0.5) is 17.6 Å². The number of nitrogens with one attached hydrogen (secondary N) is 1. The highest BCUT2D eigenvalue weighted by Crippen LogP contribution is 2.31. The Hall–Kier alpha value is -1.27. The summed E-state index contributed by atoms with van der Waals surface area (Å²) in [7, 11) is 0. The van der Waals surface area contributed by atoms with Crippen molar-refractivity contribution in [2.45, 2.75) is 18.6 Å². The molecule has 0 aliphatic heterocycles. The lowest BCUT2D eigenvalue weighted by Gasteiger charge is -2.31. The SMILES string of the molecule is CC(CSCC#N)(NC(=O)C(F)(F)F)c1cc(Br)ccc1F. The van der Waals surface area contributed by atoms with Crippen molar-refractivity contribution in [1.29, 1.82) is 5.26 Å². The molecule has 0 saturated carbocycles. The van der Waals surface area contributed by atoms with Crippen LogP contribution in [0, 0.1) is 17.1 Å². The first-order chi connectivity index (χ1) is 10.1. The van der Waals surface area contributed by atoms with Gasteiger partial charge in [0.15, 0.2) is 0 Å². The van der Waals surface area contributed by atoms with Gasteiger partial charge in [0.2, 0.25) is 0 Å². The molecule has 0 radical (unpaired) electrons. The van der Waals surface area contributed by atoms with Crippen LogP contribution in [-0.2, 0) is 10.3 Å². The minimum absolute atomic E-state index is 0.00704. The molecule has 1 aromatic carbocycles. The third-order valence-corrected chi connectivity index (χ3v) is 4.34. The molecule has 1 amide bonds. The number of alkyl halides is 3. The lowest BCUT2D eigenvalue weighted by atomic mass is 9.93. The standard InChI is InChI=1S/C13H11BrF4N2OS/c1-12(7-22-5-4-19,20-11(21)13(16,17)18)9-6-8(14)2-3-10(9)15/h2-3,6H,5,7H2,1H3,(H,20,21). The molecule has 0 aliphatic carbocycles. The van der Waals surface area contributed by atoms with Gasteiger partial charge in [0, 0.05) is 15.8 Å². The molecule has 0 aromatic heterocycles. The van der Waals surface area contributed by atoms with Crippen molar-refractivity contribution < 1.29 is 22.4 Å². The van der Waals surface area contributed by atoms with E-state index < -0.39 is 23.4 Å². The normalized spacial score (nSPS) is 14.0. The van der Waals surface area contributed by atoms with E-state index in [0.717, 1.165) is 17.8 Å². The van der Waals surface area contributed by atoms with Gasteiger partial charge < -0.3 is 5.32 Å². The zero-order valence-corrected chi connectivity index (χ0v) is 13.7. The van der Waals surface area contributed by atoms with E-state index in [-0.39, 0.29) is 17.1 Å². The maximum Gasteiger partial charge on any atom is 0.471 e. The quantitative estimate of drug-likeness (QED) is 0.607. The number of carbonyl (C=O) groups excluding carboxylic acids is 1. The molecule has 1 aromatic rings. The van der Waals surface area contributed by atoms with E-state index in [4.69, 9.17) is 5.26 Å². The van der Waals surface area contributed by atoms with E-state index in [1.165, 1.54) is 19.1 Å². The first kappa shape index (κ1) is 18.8. The molecule has 1 rings (SSSR count). The third kappa shape index (κ3) is 4.88. The molecule has 3 nitrogen and oxygen atoms in total. The number of halogens is 5. The van der Waals surface area contributed by atoms with Gasteiger partial charge in [0.25, 0.3) is 0 Å². The molecular weight excluding hydrogens is 388 g/mol. The third-order valence-electron chi connectivity index (χ3n) is 2.73. The minimum atomic E-state index is -5.08. The molecule has 0 bridgehead atoms. The van der Waals surface area contributed by atoms with E-state index in [9.17, 15) is 22.4 Å². The molecule has 1 unspecified atom stereocenters. The predicted molar refractivity (Wildman–Crippen MR) is 78.6 cm³/mol. The summed E-state index contributed by atoms with van der Waals surface area (Å²) in [6, 6.07) is 5.62. The van der Waals surface area contributed by atoms with Crippen molar-refractivity contribution in [3.8, 4) is 6.07 Å². The van der Waals surface area contributed by atoms with Gasteiger partial charge in [0.1, 0.15) is 5.82 Å². The zero-order chi connectivity index (χ0) is 17.0. The van der Waals surface area contributed by atoms with Crippen molar-refractivity contribution in [2.24, 2.45) is 0 Å². The Balaban J connectivity index is 3.19. The fourth-order valence-corrected chi connectivity index (χ4v) is 2.91. The Morgan fingerprint density at radius 3 is 2.64 bits per heavy atom. The smallest absolute Gasteiger partial charge is 0.338 e. The van der Waals surface area contributed by atoms with Crippen molar-refractivity contribution in [2.75, 3.05) is 11.5 Å². The number of amides is 1. The first-order valence-electron chi connectivity index (χ1n) is 5.90. The molecule has 1 atom stereocenters. The zero-order valence-electron chi connectivity index (χ0n) is 11.3. The fourth-order valence-electron chi connectivity index (χ4n) is 1.72. The second-order valence-corrected chi connectivity index (χ2v) is 6.46. The molecule has 9 heteroatoms. The van der Waals surface area contributed by atoms with Crippen LogP contribution >= 0.6 is 27.7 Å². The molecule has 0 fully saturated rings. The van der Waals surface area contributed by atoms with Crippen LogP contribution in [0.15, 0.2) is 22.7 Å². The molecule has 0 heterocycles. The number of hydrogen-bond donors (Lipinski definition) is 1. The maximum atomic E-state index is 14.0. The van der Waals surface area contributed by atoms with Gasteiger partial charge in [-0.25, -0.2) is 4.39 Å². The Labute approximate surface area is 137 Å². The van der Waals surface area contributed by atoms with E-state index in [2.05, 4.69) is 15.9 Å². The highest BCUT2D eigenvalue weighted by Gasteiger charge is 2.43. The van der Waals surface area contributed by atoms with Crippen molar-refractivity contribution in [1.82, 2.24) is 5.32 Å². The number of hydrogen-bond acceptors (Lipinski definition) is 3. The van der Waals surface area contributed by atoms with Gasteiger partial charge in [-0.1, -0.05) is 15.9 Å². The maximum absolute atomic E-state index is 14.0. The van der Waals surface area contributed by atoms with Gasteiger partial charge in [-0.2, -0.15) is 18.4 Å². The molecule has 0 aliphatic rings. The summed E-state index contributed by atoms with van der Waals surface area (Å²) in [6.07, 6.45) is -5.08. The Morgan fingerprint density at radius 1 is 1.45 bits per heavy atom. The van der Waals surface area contributed by atoms with Crippen LogP contribution in [0.5, 0.6) is 0 Å². The molecular formula is C13H11BrF4N2OS. The van der Waals surface area contributed by atoms with E-state index in [1.54, 1.807) is 0 Å². The van der Waals surface area contributed by atoms with E-state index in [0.29, 0.717) is 4.47 Å². The molecule has 22 heavy (non-hydrogen) atoms. The van der Waals surface area contributed by atoms with Crippen molar-refractivity contribution >= 4 is 33.6 Å². The highest BCUT2D eigenvalue weighted by molar-refractivity contribution is 9.10. The van der Waals surface area contributed by atoms with Gasteiger partial charge in [0.05, 0.1) is 17.4 Å². The monoisotopic (exact) mass is 398 g/mol. The first-order valence-corrected chi connectivity index (χ1v) is 7.84. The lowest BCUT2D eigenvalue weighted by molar-refractivity contribution is -0.175. The Morgan fingerprint density at radius 2 is 2.09 bits per heavy atom. The molecule has 120 valence electrons. The summed E-state index contributed by atoms with van der Waals surface area (Å²) in [4.78, 5) is 11.2. The summed E-state index contributed by atoms with van der Waals surface area (Å²) in [5.41, 5.74) is -1.70. The highest BCUT2D eigenvalue weighted by atomic mass is 79.9. The average molecular weight is 399 g/mol. The molecule has 0 spiro atoms. The predicted octanol–water partition coefficient (Wildman–Crippen LogP) is 3.74. The van der Waals surface area contributed by atoms with Crippen LogP contribution < -0.4 is 5.32 Å². The Kier molecular flexibility index (Phi) is 6.26. The summed E-state index contributed by atoms with van der Waals surface area (Å²) < 4.78 is 51.9. The van der Waals surface area contributed by atoms with Crippen LogP contribution in [0.25, 0.3) is 0 Å². The van der Waals surface area contributed by atoms with Crippen LogP contribution in [0.3, 0.4) is 0 Å². The number of nitriles is 1. The average Bonchev–Trinajstić information content (AvgIpc) is 2.40. The number of thioether (sulfide) groups is 1. The van der Waals surface area contributed by atoms with Crippen LogP contribution in [-0.4, -0.2) is 23.6 Å². The lowest BCUT2D eigenvalue weighted by Crippen LogP contribution is -2.51. The Bertz CT molecular complexity index is 603. The van der Waals surface area contributed by atoms with Crippen molar-refractivity contribution in [3.05, 3.63) is 34.1 Å². The van der Waals surface area contributed by atoms with Crippen LogP contribution in [0.2, 0.25) is 0 Å². The summed E-state index contributed by atoms with van der Waals surface area (Å²) in [5, 5.41) is 10.3. The number of benzene rings is 1. The summed E-state index contributed by atoms with van der Waals surface area (Å²) >= 11 is 4.11. The largest absolute Gasteiger partial charge is 0.471 e. The van der Waals surface area contributed by atoms with Gasteiger partial charge in [-0.3, -0.25) is 4.79 Å². The van der Waals surface area contributed by atoms with Crippen LogP contribution in [0.1, 0.15) is 12.5 Å².